The Morgan fingerprint density at radius 2 is 2.00 bits per heavy atom. The molecule has 3 heterocycles. The van der Waals surface area contributed by atoms with Gasteiger partial charge in [-0.05, 0) is 50.7 Å². The number of hydrogen-bond acceptors (Lipinski definition) is 6. The summed E-state index contributed by atoms with van der Waals surface area (Å²) in [6.07, 6.45) is 12.3. The number of benzene rings is 1. The largest absolute Gasteiger partial charge is 0.490 e. The fourth-order valence-electron chi connectivity index (χ4n) is 4.33. The summed E-state index contributed by atoms with van der Waals surface area (Å²) in [5.41, 5.74) is 2.41. The van der Waals surface area contributed by atoms with Gasteiger partial charge in [-0.1, -0.05) is 0 Å². The van der Waals surface area contributed by atoms with Crippen LogP contribution in [-0.4, -0.2) is 47.6 Å². The van der Waals surface area contributed by atoms with Crippen molar-refractivity contribution in [2.24, 2.45) is 0 Å². The predicted molar refractivity (Wildman–Crippen MR) is 118 cm³/mol. The summed E-state index contributed by atoms with van der Waals surface area (Å²) in [6, 6.07) is 5.76. The minimum atomic E-state index is -0.267. The van der Waals surface area contributed by atoms with E-state index in [1.807, 2.05) is 23.0 Å². The third-order valence-electron chi connectivity index (χ3n) is 6.25. The van der Waals surface area contributed by atoms with Crippen molar-refractivity contribution in [1.29, 1.82) is 0 Å². The molecule has 2 fully saturated rings. The molecule has 0 spiro atoms. The van der Waals surface area contributed by atoms with Crippen LogP contribution < -0.4 is 10.1 Å². The molecule has 3 aromatic heterocycles. The Morgan fingerprint density at radius 1 is 1.16 bits per heavy atom. The monoisotopic (exact) mass is 432 g/mol. The molecular weight excluding hydrogens is 408 g/mol. The number of nitrogens with zero attached hydrogens (tertiary/aromatic N) is 5. The predicted octanol–water partition coefficient (Wildman–Crippen LogP) is 3.35. The topological polar surface area (TPSA) is 107 Å². The summed E-state index contributed by atoms with van der Waals surface area (Å²) in [5, 5.41) is 22.6. The number of hydrogen-bond donors (Lipinski definition) is 2. The molecule has 2 aliphatic rings. The average molecular weight is 432 g/mol. The number of ether oxygens (including phenoxy) is 1. The number of rotatable bonds is 5. The number of anilines is 1. The van der Waals surface area contributed by atoms with Crippen molar-refractivity contribution >= 4 is 28.1 Å². The molecule has 9 nitrogen and oxygen atoms in total. The summed E-state index contributed by atoms with van der Waals surface area (Å²) in [5.74, 6) is 0.280. The van der Waals surface area contributed by atoms with Crippen molar-refractivity contribution in [3.8, 4) is 5.75 Å². The van der Waals surface area contributed by atoms with E-state index in [0.29, 0.717) is 22.6 Å². The van der Waals surface area contributed by atoms with Crippen molar-refractivity contribution in [2.45, 2.75) is 56.8 Å². The van der Waals surface area contributed by atoms with Crippen molar-refractivity contribution in [2.75, 3.05) is 5.32 Å². The van der Waals surface area contributed by atoms with Crippen LogP contribution in [0.3, 0.4) is 0 Å². The summed E-state index contributed by atoms with van der Waals surface area (Å²) in [7, 11) is 0. The van der Waals surface area contributed by atoms with E-state index >= 15 is 0 Å². The van der Waals surface area contributed by atoms with Gasteiger partial charge in [0, 0.05) is 30.0 Å². The van der Waals surface area contributed by atoms with Crippen LogP contribution in [0.2, 0.25) is 0 Å². The molecule has 2 saturated carbocycles. The molecule has 2 aliphatic carbocycles. The SMILES string of the molecule is O=C(Nc1cnn2cccnc12)c1cc2cn([C@H]3CC[C@H](O)CC3)nc2cc1OC1CC1. The highest BCUT2D eigenvalue weighted by molar-refractivity contribution is 6.09. The van der Waals surface area contributed by atoms with Gasteiger partial charge in [0.1, 0.15) is 11.4 Å². The van der Waals surface area contributed by atoms with Crippen LogP contribution in [0.1, 0.15) is 54.9 Å². The molecule has 9 heteroatoms. The molecule has 4 aromatic rings. The van der Waals surface area contributed by atoms with E-state index < -0.39 is 0 Å². The zero-order chi connectivity index (χ0) is 21.7. The van der Waals surface area contributed by atoms with Gasteiger partial charge in [0.15, 0.2) is 5.65 Å². The maximum absolute atomic E-state index is 13.3. The lowest BCUT2D eigenvalue weighted by Crippen LogP contribution is -2.21. The lowest BCUT2D eigenvalue weighted by atomic mass is 9.93. The van der Waals surface area contributed by atoms with Crippen LogP contribution >= 0.6 is 0 Å². The second-order valence-corrected chi connectivity index (χ2v) is 8.70. The molecule has 6 rings (SSSR count). The van der Waals surface area contributed by atoms with E-state index in [0.717, 1.165) is 49.4 Å². The average Bonchev–Trinajstić information content (AvgIpc) is 3.38. The number of fused-ring (bicyclic) bond motifs is 2. The Hall–Kier alpha value is -3.46. The number of aliphatic hydroxyl groups excluding tert-OH is 1. The summed E-state index contributed by atoms with van der Waals surface area (Å²) in [4.78, 5) is 17.6. The third kappa shape index (κ3) is 3.58. The minimum absolute atomic E-state index is 0.152. The van der Waals surface area contributed by atoms with Crippen LogP contribution in [-0.2, 0) is 0 Å². The number of carbonyl (C=O) groups excluding carboxylic acids is 1. The van der Waals surface area contributed by atoms with Crippen molar-refractivity contribution in [3.05, 3.63) is 48.5 Å². The second kappa shape index (κ2) is 7.59. The molecule has 1 amide bonds. The highest BCUT2D eigenvalue weighted by Gasteiger charge is 2.27. The zero-order valence-corrected chi connectivity index (χ0v) is 17.5. The van der Waals surface area contributed by atoms with Crippen LogP contribution in [0.4, 0.5) is 5.69 Å². The molecule has 0 atom stereocenters. The minimum Gasteiger partial charge on any atom is -0.490 e. The standard InChI is InChI=1S/C23H24N6O3/c30-16-4-2-15(3-5-16)29-13-14-10-18(21(11-19(14)27-29)32-17-6-7-17)23(31)26-20-12-25-28-9-1-8-24-22(20)28/h1,8-13,15-17,30H,2-7H2,(H,26,31)/t15-,16-. The number of amides is 1. The first-order chi connectivity index (χ1) is 15.6. The quantitative estimate of drug-likeness (QED) is 0.501. The Kier molecular flexibility index (Phi) is 4.57. The van der Waals surface area contributed by atoms with Crippen LogP contribution in [0.25, 0.3) is 16.6 Å². The Balaban J connectivity index is 1.34. The van der Waals surface area contributed by atoms with Crippen molar-refractivity contribution in [3.63, 3.8) is 0 Å². The Labute approximate surface area is 184 Å². The third-order valence-corrected chi connectivity index (χ3v) is 6.25. The van der Waals surface area contributed by atoms with E-state index in [-0.39, 0.29) is 24.2 Å². The zero-order valence-electron chi connectivity index (χ0n) is 17.5. The first kappa shape index (κ1) is 19.2. The molecule has 2 N–H and O–H groups in total. The lowest BCUT2D eigenvalue weighted by molar-refractivity contribution is 0.102. The van der Waals surface area contributed by atoms with Crippen LogP contribution in [0.5, 0.6) is 5.75 Å². The van der Waals surface area contributed by atoms with E-state index in [4.69, 9.17) is 9.84 Å². The molecule has 1 aromatic carbocycles. The smallest absolute Gasteiger partial charge is 0.259 e. The van der Waals surface area contributed by atoms with Gasteiger partial charge in [0.2, 0.25) is 0 Å². The molecule has 0 saturated heterocycles. The summed E-state index contributed by atoms with van der Waals surface area (Å²) in [6.45, 7) is 0. The molecule has 0 aliphatic heterocycles. The Bertz CT molecular complexity index is 1300. The first-order valence-electron chi connectivity index (χ1n) is 11.1. The maximum Gasteiger partial charge on any atom is 0.259 e. The van der Waals surface area contributed by atoms with E-state index in [1.54, 1.807) is 29.2 Å². The maximum atomic E-state index is 13.3. The van der Waals surface area contributed by atoms with Gasteiger partial charge in [0.05, 0.1) is 35.5 Å². The van der Waals surface area contributed by atoms with Crippen molar-refractivity contribution < 1.29 is 14.6 Å². The van der Waals surface area contributed by atoms with Gasteiger partial charge in [-0.2, -0.15) is 10.2 Å². The second-order valence-electron chi connectivity index (χ2n) is 8.70. The summed E-state index contributed by atoms with van der Waals surface area (Å²) < 4.78 is 9.68. The van der Waals surface area contributed by atoms with Gasteiger partial charge in [-0.15, -0.1) is 0 Å². The van der Waals surface area contributed by atoms with Gasteiger partial charge < -0.3 is 15.2 Å². The van der Waals surface area contributed by atoms with Crippen molar-refractivity contribution in [1.82, 2.24) is 24.4 Å². The van der Waals surface area contributed by atoms with E-state index in [9.17, 15) is 9.90 Å². The molecular formula is C23H24N6O3. The molecule has 32 heavy (non-hydrogen) atoms. The van der Waals surface area contributed by atoms with Gasteiger partial charge >= 0.3 is 0 Å². The highest BCUT2D eigenvalue weighted by Crippen LogP contribution is 2.34. The number of aromatic nitrogens is 5. The molecule has 0 bridgehead atoms. The fraction of sp³-hybridized carbons (Fsp3) is 0.391. The number of aliphatic hydroxyl groups is 1. The van der Waals surface area contributed by atoms with Crippen LogP contribution in [0, 0.1) is 0 Å². The van der Waals surface area contributed by atoms with E-state index in [2.05, 4.69) is 15.4 Å². The van der Waals surface area contributed by atoms with Gasteiger partial charge in [-0.3, -0.25) is 9.48 Å². The van der Waals surface area contributed by atoms with Gasteiger partial charge in [-0.25, -0.2) is 9.50 Å². The number of nitrogens with one attached hydrogen (secondary N) is 1. The lowest BCUT2D eigenvalue weighted by Gasteiger charge is -2.25. The van der Waals surface area contributed by atoms with E-state index in [1.165, 1.54) is 0 Å². The molecule has 164 valence electrons. The van der Waals surface area contributed by atoms with Crippen LogP contribution in [0.15, 0.2) is 43.0 Å². The Morgan fingerprint density at radius 3 is 2.81 bits per heavy atom. The fourth-order valence-corrected chi connectivity index (χ4v) is 4.33. The number of carbonyl (C=O) groups is 1. The van der Waals surface area contributed by atoms with Gasteiger partial charge in [0.25, 0.3) is 5.91 Å². The normalized spacial score (nSPS) is 21.2. The molecule has 0 unspecified atom stereocenters. The first-order valence-corrected chi connectivity index (χ1v) is 11.1. The molecule has 0 radical (unpaired) electrons. The highest BCUT2D eigenvalue weighted by atomic mass is 16.5. The summed E-state index contributed by atoms with van der Waals surface area (Å²) >= 11 is 0.